The van der Waals surface area contributed by atoms with E-state index in [-0.39, 0.29) is 0 Å². The molecule has 3 nitrogen and oxygen atoms in total. The first kappa shape index (κ1) is 16.5. The zero-order chi connectivity index (χ0) is 17.5. The molecule has 0 amide bonds. The van der Waals surface area contributed by atoms with Gasteiger partial charge in [-0.2, -0.15) is 13.2 Å². The molecule has 1 heterocycles. The number of alkyl halides is 3. The van der Waals surface area contributed by atoms with Crippen molar-refractivity contribution < 1.29 is 27.4 Å². The standard InChI is InChI=1S/C18H16F3O3/c1-10-7-11-8-12(18(19,20)21)9-14(16(11)24-10)13-5-4-6-15(22-2)17(13)23-3/h4-6,8-10H,1,7H2,2-3H3. The van der Waals surface area contributed by atoms with Gasteiger partial charge in [-0.25, -0.2) is 0 Å². The Morgan fingerprint density at radius 2 is 1.88 bits per heavy atom. The van der Waals surface area contributed by atoms with E-state index in [1.165, 1.54) is 14.2 Å². The Balaban J connectivity index is 2.27. The second kappa shape index (κ2) is 5.92. The van der Waals surface area contributed by atoms with E-state index in [9.17, 15) is 13.2 Å². The maximum absolute atomic E-state index is 13.3. The number of para-hydroxylation sites is 1. The van der Waals surface area contributed by atoms with Crippen LogP contribution in [0, 0.1) is 6.92 Å². The molecule has 1 aliphatic rings. The molecule has 1 aliphatic heterocycles. The lowest BCUT2D eigenvalue weighted by molar-refractivity contribution is -0.137. The van der Waals surface area contributed by atoms with E-state index < -0.39 is 17.8 Å². The lowest BCUT2D eigenvalue weighted by atomic mass is 9.96. The summed E-state index contributed by atoms with van der Waals surface area (Å²) < 4.78 is 56.0. The molecule has 0 N–H and O–H groups in total. The zero-order valence-corrected chi connectivity index (χ0v) is 13.2. The summed E-state index contributed by atoms with van der Waals surface area (Å²) >= 11 is 0. The van der Waals surface area contributed by atoms with Gasteiger partial charge in [-0.3, -0.25) is 0 Å². The SMILES string of the molecule is [CH2]C1Cc2cc(C(F)(F)F)cc(-c3cccc(OC)c3OC)c2O1. The summed E-state index contributed by atoms with van der Waals surface area (Å²) in [6.45, 7) is 3.80. The molecule has 1 atom stereocenters. The highest BCUT2D eigenvalue weighted by molar-refractivity contribution is 5.80. The molecule has 127 valence electrons. The van der Waals surface area contributed by atoms with E-state index in [0.717, 1.165) is 12.1 Å². The van der Waals surface area contributed by atoms with E-state index in [1.54, 1.807) is 18.2 Å². The second-order valence-corrected chi connectivity index (χ2v) is 5.49. The number of fused-ring (bicyclic) bond motifs is 1. The van der Waals surface area contributed by atoms with Gasteiger partial charge in [0, 0.05) is 17.5 Å². The minimum atomic E-state index is -4.45. The summed E-state index contributed by atoms with van der Waals surface area (Å²) in [5, 5.41) is 0. The van der Waals surface area contributed by atoms with Crippen LogP contribution in [0.25, 0.3) is 11.1 Å². The van der Waals surface area contributed by atoms with Gasteiger partial charge in [-0.05, 0) is 30.7 Å². The molecular weight excluding hydrogens is 321 g/mol. The van der Waals surface area contributed by atoms with Crippen LogP contribution >= 0.6 is 0 Å². The van der Waals surface area contributed by atoms with Crippen molar-refractivity contribution in [3.8, 4) is 28.4 Å². The predicted octanol–water partition coefficient (Wildman–Crippen LogP) is 4.53. The van der Waals surface area contributed by atoms with Gasteiger partial charge in [0.1, 0.15) is 11.9 Å². The van der Waals surface area contributed by atoms with Crippen LogP contribution in [0.2, 0.25) is 0 Å². The van der Waals surface area contributed by atoms with Gasteiger partial charge in [0.2, 0.25) is 0 Å². The number of rotatable bonds is 3. The Kier molecular flexibility index (Phi) is 4.07. The van der Waals surface area contributed by atoms with Crippen LogP contribution < -0.4 is 14.2 Å². The smallest absolute Gasteiger partial charge is 0.416 e. The van der Waals surface area contributed by atoms with Crippen LogP contribution in [0.5, 0.6) is 17.2 Å². The van der Waals surface area contributed by atoms with E-state index in [2.05, 4.69) is 6.92 Å². The minimum Gasteiger partial charge on any atom is -0.493 e. The number of benzene rings is 2. The van der Waals surface area contributed by atoms with E-state index in [4.69, 9.17) is 14.2 Å². The topological polar surface area (TPSA) is 27.7 Å². The van der Waals surface area contributed by atoms with Crippen LogP contribution in [-0.2, 0) is 12.6 Å². The largest absolute Gasteiger partial charge is 0.493 e. The first-order valence-corrected chi connectivity index (χ1v) is 7.30. The van der Waals surface area contributed by atoms with Gasteiger partial charge in [0.05, 0.1) is 19.8 Å². The highest BCUT2D eigenvalue weighted by atomic mass is 19.4. The van der Waals surface area contributed by atoms with Crippen molar-refractivity contribution in [3.05, 3.63) is 48.4 Å². The number of halogens is 3. The van der Waals surface area contributed by atoms with Crippen molar-refractivity contribution in [1.82, 2.24) is 0 Å². The Hall–Kier alpha value is -2.37. The molecule has 0 aliphatic carbocycles. The molecule has 0 saturated carbocycles. The summed E-state index contributed by atoms with van der Waals surface area (Å²) in [5.74, 6) is 1.21. The molecule has 1 unspecified atom stereocenters. The third kappa shape index (κ3) is 2.77. The first-order valence-electron chi connectivity index (χ1n) is 7.30. The molecule has 24 heavy (non-hydrogen) atoms. The molecule has 1 radical (unpaired) electrons. The monoisotopic (exact) mass is 337 g/mol. The number of hydrogen-bond acceptors (Lipinski definition) is 3. The van der Waals surface area contributed by atoms with Gasteiger partial charge in [0.15, 0.2) is 11.5 Å². The van der Waals surface area contributed by atoms with Gasteiger partial charge < -0.3 is 14.2 Å². The molecule has 0 aromatic heterocycles. The third-order valence-corrected chi connectivity index (χ3v) is 3.92. The Morgan fingerprint density at radius 1 is 1.12 bits per heavy atom. The molecule has 0 saturated heterocycles. The van der Waals surface area contributed by atoms with Gasteiger partial charge in [-0.15, -0.1) is 0 Å². The Morgan fingerprint density at radius 3 is 2.50 bits per heavy atom. The molecule has 2 aromatic carbocycles. The zero-order valence-electron chi connectivity index (χ0n) is 13.2. The minimum absolute atomic E-state index is 0.321. The van der Waals surface area contributed by atoms with Crippen LogP contribution in [-0.4, -0.2) is 20.3 Å². The fourth-order valence-electron chi connectivity index (χ4n) is 2.90. The van der Waals surface area contributed by atoms with Crippen LogP contribution in [0.1, 0.15) is 11.1 Å². The van der Waals surface area contributed by atoms with Crippen LogP contribution in [0.15, 0.2) is 30.3 Å². The first-order chi connectivity index (χ1) is 11.3. The Labute approximate surface area is 138 Å². The maximum Gasteiger partial charge on any atom is 0.416 e. The van der Waals surface area contributed by atoms with Crippen molar-refractivity contribution in [3.63, 3.8) is 0 Å². The van der Waals surface area contributed by atoms with Gasteiger partial charge >= 0.3 is 6.18 Å². The van der Waals surface area contributed by atoms with E-state index in [0.29, 0.717) is 40.4 Å². The van der Waals surface area contributed by atoms with Crippen molar-refractivity contribution in [2.75, 3.05) is 14.2 Å². The average Bonchev–Trinajstić information content (AvgIpc) is 2.92. The predicted molar refractivity (Wildman–Crippen MR) is 83.5 cm³/mol. The highest BCUT2D eigenvalue weighted by Gasteiger charge is 2.35. The lowest BCUT2D eigenvalue weighted by Crippen LogP contribution is -2.06. The number of hydrogen-bond donors (Lipinski definition) is 0. The average molecular weight is 337 g/mol. The summed E-state index contributed by atoms with van der Waals surface area (Å²) in [5.41, 5.74) is 0.568. The van der Waals surface area contributed by atoms with Crippen molar-refractivity contribution in [2.24, 2.45) is 0 Å². The van der Waals surface area contributed by atoms with Crippen molar-refractivity contribution >= 4 is 0 Å². The quantitative estimate of drug-likeness (QED) is 0.824. The number of ether oxygens (including phenoxy) is 3. The summed E-state index contributed by atoms with van der Waals surface area (Å²) in [6, 6.07) is 7.25. The Bertz CT molecular complexity index is 769. The maximum atomic E-state index is 13.3. The number of methoxy groups -OCH3 is 2. The van der Waals surface area contributed by atoms with E-state index in [1.807, 2.05) is 0 Å². The highest BCUT2D eigenvalue weighted by Crippen LogP contribution is 2.47. The molecule has 3 rings (SSSR count). The summed E-state index contributed by atoms with van der Waals surface area (Å²) in [4.78, 5) is 0. The lowest BCUT2D eigenvalue weighted by Gasteiger charge is -2.17. The molecule has 0 bridgehead atoms. The molecule has 6 heteroatoms. The van der Waals surface area contributed by atoms with Crippen molar-refractivity contribution in [2.45, 2.75) is 18.7 Å². The van der Waals surface area contributed by atoms with Gasteiger partial charge in [0.25, 0.3) is 0 Å². The van der Waals surface area contributed by atoms with E-state index >= 15 is 0 Å². The van der Waals surface area contributed by atoms with Crippen molar-refractivity contribution in [1.29, 1.82) is 0 Å². The normalized spacial score (nSPS) is 16.5. The summed E-state index contributed by atoms with van der Waals surface area (Å²) in [6.07, 6.45) is -4.54. The molecule has 2 aromatic rings. The second-order valence-electron chi connectivity index (χ2n) is 5.49. The molecular formula is C18H16F3O3. The van der Waals surface area contributed by atoms with Crippen LogP contribution in [0.4, 0.5) is 13.2 Å². The van der Waals surface area contributed by atoms with Crippen LogP contribution in [0.3, 0.4) is 0 Å². The fraction of sp³-hybridized carbons (Fsp3) is 0.278. The third-order valence-electron chi connectivity index (χ3n) is 3.92. The summed E-state index contributed by atoms with van der Waals surface area (Å²) in [7, 11) is 2.92. The van der Waals surface area contributed by atoms with Gasteiger partial charge in [-0.1, -0.05) is 12.1 Å². The molecule has 0 fully saturated rings. The fourth-order valence-corrected chi connectivity index (χ4v) is 2.90. The molecule has 0 spiro atoms.